The Morgan fingerprint density at radius 2 is 1.70 bits per heavy atom. The van der Waals surface area contributed by atoms with Crippen molar-refractivity contribution in [3.8, 4) is 0 Å². The number of nitrogens with zero attached hydrogens (tertiary/aromatic N) is 1. The molecule has 0 aliphatic carbocycles. The number of hydrogen-bond donors (Lipinski definition) is 0. The number of allylic oxidation sites excluding steroid dienone is 2. The Labute approximate surface area is 159 Å². The van der Waals surface area contributed by atoms with Gasteiger partial charge >= 0.3 is 18.1 Å². The zero-order valence-electron chi connectivity index (χ0n) is 13.9. The first kappa shape index (κ1) is 20.7. The fourth-order valence-electron chi connectivity index (χ4n) is 2.36. The van der Waals surface area contributed by atoms with Crippen LogP contribution in [-0.2, 0) is 25.2 Å². The predicted molar refractivity (Wildman–Crippen MR) is 90.9 cm³/mol. The number of carbonyl (C=O) groups excluding carboxylic acids is 2. The van der Waals surface area contributed by atoms with Crippen LogP contribution in [0.2, 0.25) is 0 Å². The number of esters is 2. The first-order valence-electron chi connectivity index (χ1n) is 7.23. The molecule has 5 nitrogen and oxygen atoms in total. The zero-order chi connectivity index (χ0) is 20.4. The van der Waals surface area contributed by atoms with Crippen molar-refractivity contribution >= 4 is 33.6 Å². The van der Waals surface area contributed by atoms with Gasteiger partial charge < -0.3 is 14.4 Å². The van der Waals surface area contributed by atoms with E-state index in [0.717, 1.165) is 32.6 Å². The highest BCUT2D eigenvalue weighted by atomic mass is 79.9. The van der Waals surface area contributed by atoms with Gasteiger partial charge in [-0.25, -0.2) is 14.0 Å². The molecule has 27 heavy (non-hydrogen) atoms. The highest BCUT2D eigenvalue weighted by Crippen LogP contribution is 2.42. The van der Waals surface area contributed by atoms with Gasteiger partial charge in [-0.2, -0.15) is 13.2 Å². The van der Waals surface area contributed by atoms with Crippen molar-refractivity contribution in [2.45, 2.75) is 6.18 Å². The van der Waals surface area contributed by atoms with E-state index in [1.54, 1.807) is 0 Å². The molecule has 144 valence electrons. The second-order valence-corrected chi connectivity index (χ2v) is 6.01. The van der Waals surface area contributed by atoms with E-state index in [0.29, 0.717) is 11.0 Å². The smallest absolute Gasteiger partial charge is 0.418 e. The minimum atomic E-state index is -4.94. The van der Waals surface area contributed by atoms with Gasteiger partial charge in [0.25, 0.3) is 0 Å². The van der Waals surface area contributed by atoms with E-state index >= 15 is 0 Å². The largest absolute Gasteiger partial charge is 0.465 e. The van der Waals surface area contributed by atoms with Crippen molar-refractivity contribution in [2.75, 3.05) is 19.1 Å². The third-order valence-electron chi connectivity index (χ3n) is 3.46. The summed E-state index contributed by atoms with van der Waals surface area (Å²) in [6.07, 6.45) is -0.251. The van der Waals surface area contributed by atoms with Crippen LogP contribution >= 0.6 is 15.9 Å². The molecule has 1 aliphatic heterocycles. The average molecular weight is 450 g/mol. The lowest BCUT2D eigenvalue weighted by atomic mass is 10.1. The molecule has 0 saturated heterocycles. The summed E-state index contributed by atoms with van der Waals surface area (Å²) in [5, 5.41) is 0. The molecule has 10 heteroatoms. The van der Waals surface area contributed by atoms with E-state index in [4.69, 9.17) is 0 Å². The van der Waals surface area contributed by atoms with Gasteiger partial charge in [0.05, 0.1) is 31.0 Å². The molecule has 0 N–H and O–H groups in total. The van der Waals surface area contributed by atoms with Crippen LogP contribution in [0.3, 0.4) is 0 Å². The zero-order valence-corrected chi connectivity index (χ0v) is 15.5. The number of rotatable bonds is 3. The van der Waals surface area contributed by atoms with Gasteiger partial charge in [0.15, 0.2) is 0 Å². The summed E-state index contributed by atoms with van der Waals surface area (Å²) >= 11 is 2.82. The maximum Gasteiger partial charge on any atom is 0.418 e. The molecule has 0 unspecified atom stereocenters. The third kappa shape index (κ3) is 4.21. The second-order valence-electron chi connectivity index (χ2n) is 5.10. The number of methoxy groups -OCH3 is 2. The maximum atomic E-state index is 14.6. The lowest BCUT2D eigenvalue weighted by Crippen LogP contribution is -2.29. The number of alkyl halides is 3. The van der Waals surface area contributed by atoms with Gasteiger partial charge in [0.1, 0.15) is 11.5 Å². The molecule has 0 bridgehead atoms. The van der Waals surface area contributed by atoms with E-state index in [1.165, 1.54) is 12.2 Å². The monoisotopic (exact) mass is 449 g/mol. The van der Waals surface area contributed by atoms with E-state index < -0.39 is 46.5 Å². The molecule has 0 radical (unpaired) electrons. The lowest BCUT2D eigenvalue weighted by molar-refractivity contribution is -0.139. The molecular weight excluding hydrogens is 438 g/mol. The number of hydrogen-bond acceptors (Lipinski definition) is 5. The minimum absolute atomic E-state index is 0.148. The molecule has 0 fully saturated rings. The van der Waals surface area contributed by atoms with Gasteiger partial charge in [0.2, 0.25) is 0 Å². The Balaban J connectivity index is 2.87. The van der Waals surface area contributed by atoms with Crippen LogP contribution in [0.15, 0.2) is 52.3 Å². The van der Waals surface area contributed by atoms with E-state index in [9.17, 15) is 27.2 Å². The average Bonchev–Trinajstić information content (AvgIpc) is 2.81. The summed E-state index contributed by atoms with van der Waals surface area (Å²) in [5.41, 5.74) is -3.34. The van der Waals surface area contributed by atoms with E-state index in [2.05, 4.69) is 25.4 Å². The van der Waals surface area contributed by atoms with Crippen LogP contribution < -0.4 is 4.90 Å². The third-order valence-corrected chi connectivity index (χ3v) is 3.92. The molecular formula is C17H12BrF4NO4. The summed E-state index contributed by atoms with van der Waals surface area (Å²) in [7, 11) is 2.01. The van der Waals surface area contributed by atoms with Crippen molar-refractivity contribution in [3.05, 3.63) is 63.7 Å². The first-order chi connectivity index (χ1) is 12.6. The second kappa shape index (κ2) is 7.95. The van der Waals surface area contributed by atoms with Gasteiger partial charge in [-0.15, -0.1) is 0 Å². The Hall–Kier alpha value is -2.62. The van der Waals surface area contributed by atoms with Gasteiger partial charge in [-0.05, 0) is 24.3 Å². The number of anilines is 1. The van der Waals surface area contributed by atoms with Crippen LogP contribution in [0.1, 0.15) is 5.56 Å². The SMILES string of the molecule is COC(=O)C1=C(C(=O)OC)N(c2c(F)cc(Br)cc2C(F)(F)F)C=CC=C1. The van der Waals surface area contributed by atoms with Crippen molar-refractivity contribution in [1.29, 1.82) is 0 Å². The molecule has 0 spiro atoms. The molecule has 0 saturated carbocycles. The summed E-state index contributed by atoms with van der Waals surface area (Å²) in [6.45, 7) is 0. The Kier molecular flexibility index (Phi) is 6.09. The van der Waals surface area contributed by atoms with Crippen molar-refractivity contribution < 1.29 is 36.6 Å². The number of carbonyl (C=O) groups is 2. The fourth-order valence-corrected chi connectivity index (χ4v) is 2.79. The van der Waals surface area contributed by atoms with Crippen LogP contribution in [-0.4, -0.2) is 26.2 Å². The van der Waals surface area contributed by atoms with Crippen LogP contribution in [0, 0.1) is 5.82 Å². The standard InChI is InChI=1S/C17H12BrF4NO4/c1-26-15(24)10-5-3-4-6-23(13(10)16(25)27-2)14-11(17(20,21)22)7-9(18)8-12(14)19/h3-8H,1-2H3. The van der Waals surface area contributed by atoms with E-state index in [1.807, 2.05) is 0 Å². The summed E-state index contributed by atoms with van der Waals surface area (Å²) < 4.78 is 64.2. The van der Waals surface area contributed by atoms with Crippen LogP contribution in [0.4, 0.5) is 23.2 Å². The summed E-state index contributed by atoms with van der Waals surface area (Å²) in [5.74, 6) is -3.43. The molecule has 1 aromatic carbocycles. The summed E-state index contributed by atoms with van der Waals surface area (Å²) in [6, 6.07) is 1.47. The van der Waals surface area contributed by atoms with Crippen LogP contribution in [0.5, 0.6) is 0 Å². The van der Waals surface area contributed by atoms with Crippen molar-refractivity contribution in [2.24, 2.45) is 0 Å². The highest BCUT2D eigenvalue weighted by molar-refractivity contribution is 9.10. The predicted octanol–water partition coefficient (Wildman–Crippen LogP) is 4.10. The number of benzene rings is 1. The number of ether oxygens (including phenoxy) is 2. The normalized spacial score (nSPS) is 14.3. The Morgan fingerprint density at radius 1 is 1.07 bits per heavy atom. The minimum Gasteiger partial charge on any atom is -0.465 e. The maximum absolute atomic E-state index is 14.6. The molecule has 0 aromatic heterocycles. The topological polar surface area (TPSA) is 55.8 Å². The van der Waals surface area contributed by atoms with Crippen LogP contribution in [0.25, 0.3) is 0 Å². The van der Waals surface area contributed by atoms with Crippen molar-refractivity contribution in [1.82, 2.24) is 0 Å². The molecule has 2 rings (SSSR count). The van der Waals surface area contributed by atoms with Crippen molar-refractivity contribution in [3.63, 3.8) is 0 Å². The highest BCUT2D eigenvalue weighted by Gasteiger charge is 2.39. The first-order valence-corrected chi connectivity index (χ1v) is 8.02. The Bertz CT molecular complexity index is 874. The number of halogens is 5. The van der Waals surface area contributed by atoms with Gasteiger partial charge in [0, 0.05) is 10.7 Å². The molecule has 0 atom stereocenters. The molecule has 1 aliphatic rings. The summed E-state index contributed by atoms with van der Waals surface area (Å²) in [4.78, 5) is 24.9. The quantitative estimate of drug-likeness (QED) is 0.513. The Morgan fingerprint density at radius 3 is 2.26 bits per heavy atom. The fraction of sp³-hybridized carbons (Fsp3) is 0.176. The molecule has 0 amide bonds. The molecule has 1 heterocycles. The van der Waals surface area contributed by atoms with Gasteiger partial charge in [-0.1, -0.05) is 22.0 Å². The lowest BCUT2D eigenvalue weighted by Gasteiger charge is -2.26. The molecule has 1 aromatic rings. The van der Waals surface area contributed by atoms with E-state index in [-0.39, 0.29) is 4.47 Å². The van der Waals surface area contributed by atoms with Gasteiger partial charge in [-0.3, -0.25) is 0 Å².